The van der Waals surface area contributed by atoms with Crippen molar-refractivity contribution in [3.63, 3.8) is 0 Å². The average molecular weight is 303 g/mol. The highest BCUT2D eigenvalue weighted by Gasteiger charge is 2.40. The predicted octanol–water partition coefficient (Wildman–Crippen LogP) is 1.71. The molecule has 1 amide bonds. The molecule has 2 heterocycles. The molecule has 1 unspecified atom stereocenters. The second-order valence-electron chi connectivity index (χ2n) is 6.39. The van der Waals surface area contributed by atoms with Gasteiger partial charge in [0.1, 0.15) is 5.75 Å². The predicted molar refractivity (Wildman–Crippen MR) is 87.2 cm³/mol. The highest BCUT2D eigenvalue weighted by atomic mass is 16.5. The minimum atomic E-state index is 0.0622. The Kier molecular flexibility index (Phi) is 4.64. The molecule has 2 aliphatic heterocycles. The molecular weight excluding hydrogens is 278 g/mol. The first-order valence-electron chi connectivity index (χ1n) is 8.15. The number of benzene rings is 1. The highest BCUT2D eigenvalue weighted by molar-refractivity contribution is 5.92. The molecule has 0 saturated carbocycles. The maximum atomic E-state index is 12.2. The van der Waals surface area contributed by atoms with Crippen molar-refractivity contribution in [2.45, 2.75) is 19.8 Å². The summed E-state index contributed by atoms with van der Waals surface area (Å²) in [4.78, 5) is 14.5. The van der Waals surface area contributed by atoms with E-state index >= 15 is 0 Å². The number of carbonyl (C=O) groups excluding carboxylic acids is 1. The smallest absolute Gasteiger partial charge is 0.238 e. The second-order valence-corrected chi connectivity index (χ2v) is 6.39. The van der Waals surface area contributed by atoms with Crippen LogP contribution in [0, 0.1) is 5.41 Å². The number of hydrogen-bond donors (Lipinski definition) is 2. The third-order valence-electron chi connectivity index (χ3n) is 4.67. The summed E-state index contributed by atoms with van der Waals surface area (Å²) >= 11 is 0. The Morgan fingerprint density at radius 3 is 2.86 bits per heavy atom. The number of hydrogen-bond acceptors (Lipinski definition) is 4. The number of likely N-dealkylation sites (tertiary alicyclic amines) is 1. The van der Waals surface area contributed by atoms with E-state index in [4.69, 9.17) is 4.74 Å². The van der Waals surface area contributed by atoms with Crippen LogP contribution in [0.3, 0.4) is 0 Å². The normalized spacial score (nSPS) is 24.8. The van der Waals surface area contributed by atoms with E-state index in [1.807, 2.05) is 31.2 Å². The monoisotopic (exact) mass is 303 g/mol. The Labute approximate surface area is 132 Å². The zero-order valence-corrected chi connectivity index (χ0v) is 13.2. The summed E-state index contributed by atoms with van der Waals surface area (Å²) in [5.41, 5.74) is 1.24. The zero-order valence-electron chi connectivity index (χ0n) is 13.2. The minimum absolute atomic E-state index is 0.0622. The van der Waals surface area contributed by atoms with Gasteiger partial charge in [0.05, 0.1) is 13.2 Å². The van der Waals surface area contributed by atoms with Gasteiger partial charge in [-0.05, 0) is 62.5 Å². The SMILES string of the molecule is CCOc1ccc(NC(=O)CN2CCC3(CCNC3)C2)cc1. The van der Waals surface area contributed by atoms with E-state index < -0.39 is 0 Å². The molecule has 120 valence electrons. The lowest BCUT2D eigenvalue weighted by atomic mass is 9.87. The van der Waals surface area contributed by atoms with E-state index in [1.165, 1.54) is 12.8 Å². The molecule has 5 heteroatoms. The molecule has 1 spiro atoms. The number of rotatable bonds is 5. The largest absolute Gasteiger partial charge is 0.494 e. The van der Waals surface area contributed by atoms with Gasteiger partial charge in [0.25, 0.3) is 0 Å². The van der Waals surface area contributed by atoms with Gasteiger partial charge in [-0.2, -0.15) is 0 Å². The Balaban J connectivity index is 1.48. The molecule has 2 fully saturated rings. The van der Waals surface area contributed by atoms with E-state index in [0.717, 1.165) is 37.6 Å². The van der Waals surface area contributed by atoms with Crippen LogP contribution in [0.2, 0.25) is 0 Å². The van der Waals surface area contributed by atoms with Crippen LogP contribution in [-0.4, -0.2) is 50.1 Å². The summed E-state index contributed by atoms with van der Waals surface area (Å²) in [5.74, 6) is 0.892. The standard InChI is InChI=1S/C17H25N3O2/c1-2-22-15-5-3-14(4-6-15)19-16(21)11-20-10-8-17(13-20)7-9-18-12-17/h3-6,18H,2,7-13H2,1H3,(H,19,21). The topological polar surface area (TPSA) is 53.6 Å². The molecule has 1 aromatic carbocycles. The van der Waals surface area contributed by atoms with Crippen LogP contribution in [0.25, 0.3) is 0 Å². The molecule has 1 aromatic rings. The van der Waals surface area contributed by atoms with Crippen LogP contribution >= 0.6 is 0 Å². The van der Waals surface area contributed by atoms with Crippen molar-refractivity contribution >= 4 is 11.6 Å². The van der Waals surface area contributed by atoms with Gasteiger partial charge >= 0.3 is 0 Å². The van der Waals surface area contributed by atoms with Gasteiger partial charge in [0.15, 0.2) is 0 Å². The molecule has 22 heavy (non-hydrogen) atoms. The van der Waals surface area contributed by atoms with Gasteiger partial charge in [0.2, 0.25) is 5.91 Å². The van der Waals surface area contributed by atoms with Crippen molar-refractivity contribution in [2.75, 3.05) is 44.6 Å². The lowest BCUT2D eigenvalue weighted by molar-refractivity contribution is -0.117. The van der Waals surface area contributed by atoms with Gasteiger partial charge < -0.3 is 15.4 Å². The Hall–Kier alpha value is -1.59. The first-order chi connectivity index (χ1) is 10.7. The molecule has 5 nitrogen and oxygen atoms in total. The van der Waals surface area contributed by atoms with Gasteiger partial charge in [-0.3, -0.25) is 9.69 Å². The quantitative estimate of drug-likeness (QED) is 0.869. The van der Waals surface area contributed by atoms with Crippen molar-refractivity contribution in [2.24, 2.45) is 5.41 Å². The van der Waals surface area contributed by atoms with Crippen molar-refractivity contribution < 1.29 is 9.53 Å². The molecule has 2 aliphatic rings. The maximum absolute atomic E-state index is 12.2. The fourth-order valence-electron chi connectivity index (χ4n) is 3.51. The second kappa shape index (κ2) is 6.67. The van der Waals surface area contributed by atoms with Gasteiger partial charge in [-0.25, -0.2) is 0 Å². The molecule has 3 rings (SSSR count). The minimum Gasteiger partial charge on any atom is -0.494 e. The lowest BCUT2D eigenvalue weighted by Gasteiger charge is -2.22. The van der Waals surface area contributed by atoms with Gasteiger partial charge in [-0.15, -0.1) is 0 Å². The first-order valence-corrected chi connectivity index (χ1v) is 8.15. The number of anilines is 1. The molecule has 0 aromatic heterocycles. The van der Waals surface area contributed by atoms with Gasteiger partial charge in [0, 0.05) is 18.8 Å². The fourth-order valence-corrected chi connectivity index (χ4v) is 3.51. The number of nitrogens with zero attached hydrogens (tertiary/aromatic N) is 1. The molecule has 0 radical (unpaired) electrons. The molecule has 2 saturated heterocycles. The maximum Gasteiger partial charge on any atom is 0.238 e. The van der Waals surface area contributed by atoms with Gasteiger partial charge in [-0.1, -0.05) is 0 Å². The number of nitrogens with one attached hydrogen (secondary N) is 2. The van der Waals surface area contributed by atoms with E-state index in [0.29, 0.717) is 18.6 Å². The van der Waals surface area contributed by atoms with E-state index in [2.05, 4.69) is 15.5 Å². The summed E-state index contributed by atoms with van der Waals surface area (Å²) in [6.45, 7) is 7.37. The van der Waals surface area contributed by atoms with Crippen LogP contribution in [-0.2, 0) is 4.79 Å². The fraction of sp³-hybridized carbons (Fsp3) is 0.588. The van der Waals surface area contributed by atoms with Crippen LogP contribution in [0.1, 0.15) is 19.8 Å². The lowest BCUT2D eigenvalue weighted by Crippen LogP contribution is -2.34. The van der Waals surface area contributed by atoms with E-state index in [1.54, 1.807) is 0 Å². The summed E-state index contributed by atoms with van der Waals surface area (Å²) in [6.07, 6.45) is 2.44. The summed E-state index contributed by atoms with van der Waals surface area (Å²) in [7, 11) is 0. The molecular formula is C17H25N3O2. The van der Waals surface area contributed by atoms with Crippen LogP contribution in [0.15, 0.2) is 24.3 Å². The molecule has 1 atom stereocenters. The summed E-state index contributed by atoms with van der Waals surface area (Å²) in [5, 5.41) is 6.41. The third kappa shape index (κ3) is 3.59. The van der Waals surface area contributed by atoms with Crippen molar-refractivity contribution in [3.8, 4) is 5.75 Å². The first kappa shape index (κ1) is 15.3. The van der Waals surface area contributed by atoms with E-state index in [9.17, 15) is 4.79 Å². The van der Waals surface area contributed by atoms with Crippen molar-refractivity contribution in [1.29, 1.82) is 0 Å². The number of carbonyl (C=O) groups is 1. The average Bonchev–Trinajstić information content (AvgIpc) is 3.12. The molecule has 0 aliphatic carbocycles. The zero-order chi connectivity index (χ0) is 15.4. The Morgan fingerprint density at radius 2 is 2.18 bits per heavy atom. The molecule has 2 N–H and O–H groups in total. The van der Waals surface area contributed by atoms with E-state index in [-0.39, 0.29) is 5.91 Å². The Bertz CT molecular complexity index is 509. The highest BCUT2D eigenvalue weighted by Crippen LogP contribution is 2.35. The van der Waals surface area contributed by atoms with Crippen LogP contribution in [0.5, 0.6) is 5.75 Å². The molecule has 0 bridgehead atoms. The summed E-state index contributed by atoms with van der Waals surface area (Å²) < 4.78 is 5.40. The van der Waals surface area contributed by atoms with Crippen LogP contribution in [0.4, 0.5) is 5.69 Å². The Morgan fingerprint density at radius 1 is 1.36 bits per heavy atom. The number of ether oxygens (including phenoxy) is 1. The summed E-state index contributed by atoms with van der Waals surface area (Å²) in [6, 6.07) is 7.53. The van der Waals surface area contributed by atoms with Crippen molar-refractivity contribution in [1.82, 2.24) is 10.2 Å². The van der Waals surface area contributed by atoms with Crippen molar-refractivity contribution in [3.05, 3.63) is 24.3 Å². The third-order valence-corrected chi connectivity index (χ3v) is 4.67. The number of amides is 1. The van der Waals surface area contributed by atoms with Crippen LogP contribution < -0.4 is 15.4 Å².